The molecule has 0 bridgehead atoms. The third kappa shape index (κ3) is 4.38. The van der Waals surface area contributed by atoms with Crippen molar-refractivity contribution in [1.29, 1.82) is 0 Å². The lowest BCUT2D eigenvalue weighted by atomic mass is 10.0. The van der Waals surface area contributed by atoms with Crippen LogP contribution in [0.3, 0.4) is 0 Å². The first-order valence-electron chi connectivity index (χ1n) is 8.27. The summed E-state index contributed by atoms with van der Waals surface area (Å²) in [6.45, 7) is 7.45. The molecule has 0 saturated heterocycles. The summed E-state index contributed by atoms with van der Waals surface area (Å²) >= 11 is 0. The number of para-hydroxylation sites is 2. The van der Waals surface area contributed by atoms with Gasteiger partial charge in [0, 0.05) is 11.4 Å². The van der Waals surface area contributed by atoms with Crippen molar-refractivity contribution < 1.29 is 14.3 Å². The Morgan fingerprint density at radius 3 is 2.40 bits per heavy atom. The first kappa shape index (κ1) is 18.5. The summed E-state index contributed by atoms with van der Waals surface area (Å²) in [7, 11) is 0. The second kappa shape index (κ2) is 7.83. The van der Waals surface area contributed by atoms with Crippen LogP contribution in [0.5, 0.6) is 0 Å². The highest BCUT2D eigenvalue weighted by atomic mass is 16.5. The van der Waals surface area contributed by atoms with E-state index in [0.29, 0.717) is 5.69 Å². The summed E-state index contributed by atoms with van der Waals surface area (Å²) in [5, 5.41) is 2.83. The van der Waals surface area contributed by atoms with Crippen molar-refractivity contribution in [3.8, 4) is 0 Å². The van der Waals surface area contributed by atoms with Gasteiger partial charge in [-0.2, -0.15) is 0 Å². The van der Waals surface area contributed by atoms with E-state index in [4.69, 9.17) is 10.5 Å². The average Bonchev–Trinajstić information content (AvgIpc) is 2.57. The molecule has 132 valence electrons. The van der Waals surface area contributed by atoms with Crippen molar-refractivity contribution in [1.82, 2.24) is 0 Å². The Kier molecular flexibility index (Phi) is 5.80. The minimum absolute atomic E-state index is 0.265. The Hall–Kier alpha value is -2.82. The van der Waals surface area contributed by atoms with Crippen LogP contribution in [0.1, 0.15) is 48.2 Å². The highest BCUT2D eigenvalue weighted by molar-refractivity contribution is 6.00. The fourth-order valence-electron chi connectivity index (χ4n) is 2.48. The number of amides is 1. The normalized spacial score (nSPS) is 11.9. The van der Waals surface area contributed by atoms with Crippen LogP contribution in [0.4, 0.5) is 11.4 Å². The molecule has 1 amide bonds. The highest BCUT2D eigenvalue weighted by Gasteiger charge is 2.21. The molecule has 0 spiro atoms. The molecule has 0 unspecified atom stereocenters. The molecule has 0 fully saturated rings. The smallest absolute Gasteiger partial charge is 0.341 e. The Morgan fingerprint density at radius 1 is 1.04 bits per heavy atom. The van der Waals surface area contributed by atoms with Gasteiger partial charge in [0.2, 0.25) is 0 Å². The number of aryl methyl sites for hydroxylation is 1. The second-order valence-corrected chi connectivity index (χ2v) is 6.31. The third-order valence-electron chi connectivity index (χ3n) is 4.04. The number of hydrogen-bond donors (Lipinski definition) is 2. The molecule has 0 radical (unpaired) electrons. The van der Waals surface area contributed by atoms with E-state index in [0.717, 1.165) is 16.8 Å². The van der Waals surface area contributed by atoms with Gasteiger partial charge in [0.1, 0.15) is 0 Å². The molecule has 2 aromatic carbocycles. The van der Waals surface area contributed by atoms with E-state index in [1.807, 2.05) is 37.3 Å². The molecule has 25 heavy (non-hydrogen) atoms. The number of carbonyl (C=O) groups is 2. The Bertz CT molecular complexity index is 784. The molecule has 2 rings (SSSR count). The predicted octanol–water partition coefficient (Wildman–Crippen LogP) is 3.88. The van der Waals surface area contributed by atoms with Crippen LogP contribution in [0.2, 0.25) is 0 Å². The number of carbonyl (C=O) groups excluding carboxylic acids is 2. The van der Waals surface area contributed by atoms with Crippen molar-refractivity contribution in [3.63, 3.8) is 0 Å². The van der Waals surface area contributed by atoms with Gasteiger partial charge < -0.3 is 15.8 Å². The SMILES string of the molecule is Cc1cccc(C(=O)O[C@@H](C)C(=O)Nc2ccccc2C(C)C)c1N. The molecule has 3 N–H and O–H groups in total. The zero-order chi connectivity index (χ0) is 18.6. The minimum Gasteiger partial charge on any atom is -0.449 e. The Labute approximate surface area is 148 Å². The molecule has 0 aromatic heterocycles. The summed E-state index contributed by atoms with van der Waals surface area (Å²) in [6.07, 6.45) is -0.937. The first-order chi connectivity index (χ1) is 11.8. The van der Waals surface area contributed by atoms with E-state index in [-0.39, 0.29) is 17.4 Å². The number of ether oxygens (including phenoxy) is 1. The lowest BCUT2D eigenvalue weighted by Crippen LogP contribution is -2.30. The van der Waals surface area contributed by atoms with Gasteiger partial charge in [-0.3, -0.25) is 4.79 Å². The standard InChI is InChI=1S/C20H24N2O3/c1-12(2)15-9-5-6-11-17(15)22-19(23)14(4)25-20(24)16-10-7-8-13(3)18(16)21/h5-12,14H,21H2,1-4H3,(H,22,23)/t14-/m0/s1. The fraction of sp³-hybridized carbons (Fsp3) is 0.300. The molecular formula is C20H24N2O3. The summed E-state index contributed by atoms with van der Waals surface area (Å²) < 4.78 is 5.28. The van der Waals surface area contributed by atoms with E-state index in [2.05, 4.69) is 19.2 Å². The molecule has 0 aliphatic rings. The van der Waals surface area contributed by atoms with E-state index in [9.17, 15) is 9.59 Å². The number of nitrogens with one attached hydrogen (secondary N) is 1. The van der Waals surface area contributed by atoms with Crippen LogP contribution >= 0.6 is 0 Å². The number of anilines is 2. The molecule has 0 aliphatic carbocycles. The van der Waals surface area contributed by atoms with Gasteiger partial charge >= 0.3 is 5.97 Å². The quantitative estimate of drug-likeness (QED) is 0.639. The summed E-state index contributed by atoms with van der Waals surface area (Å²) in [5.74, 6) is -0.727. The fourth-order valence-corrected chi connectivity index (χ4v) is 2.48. The van der Waals surface area contributed by atoms with E-state index < -0.39 is 12.1 Å². The van der Waals surface area contributed by atoms with Gasteiger partial charge in [0.05, 0.1) is 5.56 Å². The molecule has 5 nitrogen and oxygen atoms in total. The minimum atomic E-state index is -0.937. The van der Waals surface area contributed by atoms with Crippen LogP contribution in [-0.2, 0) is 9.53 Å². The monoisotopic (exact) mass is 340 g/mol. The largest absolute Gasteiger partial charge is 0.449 e. The van der Waals surface area contributed by atoms with E-state index >= 15 is 0 Å². The Morgan fingerprint density at radius 2 is 1.72 bits per heavy atom. The molecule has 5 heteroatoms. The lowest BCUT2D eigenvalue weighted by Gasteiger charge is -2.17. The van der Waals surface area contributed by atoms with Gasteiger partial charge in [0.25, 0.3) is 5.91 Å². The van der Waals surface area contributed by atoms with Gasteiger partial charge in [-0.15, -0.1) is 0 Å². The maximum absolute atomic E-state index is 12.4. The van der Waals surface area contributed by atoms with Crippen LogP contribution in [0.15, 0.2) is 42.5 Å². The van der Waals surface area contributed by atoms with Crippen molar-refractivity contribution >= 4 is 23.3 Å². The Balaban J connectivity index is 2.08. The summed E-state index contributed by atoms with van der Waals surface area (Å²) in [4.78, 5) is 24.7. The van der Waals surface area contributed by atoms with Crippen molar-refractivity contribution in [2.75, 3.05) is 11.1 Å². The third-order valence-corrected chi connectivity index (χ3v) is 4.04. The van der Waals surface area contributed by atoms with Crippen LogP contribution in [-0.4, -0.2) is 18.0 Å². The molecule has 0 heterocycles. The molecule has 0 aliphatic heterocycles. The zero-order valence-corrected chi connectivity index (χ0v) is 15.0. The molecule has 2 aromatic rings. The lowest BCUT2D eigenvalue weighted by molar-refractivity contribution is -0.123. The average molecular weight is 340 g/mol. The van der Waals surface area contributed by atoms with Crippen LogP contribution < -0.4 is 11.1 Å². The van der Waals surface area contributed by atoms with Crippen molar-refractivity contribution in [3.05, 3.63) is 59.2 Å². The van der Waals surface area contributed by atoms with E-state index in [1.54, 1.807) is 12.1 Å². The van der Waals surface area contributed by atoms with Crippen molar-refractivity contribution in [2.24, 2.45) is 0 Å². The van der Waals surface area contributed by atoms with Gasteiger partial charge in [0.15, 0.2) is 6.10 Å². The number of nitrogen functional groups attached to an aromatic ring is 1. The van der Waals surface area contributed by atoms with Crippen LogP contribution in [0, 0.1) is 6.92 Å². The second-order valence-electron chi connectivity index (χ2n) is 6.31. The molecule has 0 saturated carbocycles. The van der Waals surface area contributed by atoms with Gasteiger partial charge in [-0.1, -0.05) is 44.2 Å². The van der Waals surface area contributed by atoms with Gasteiger partial charge in [-0.05, 0) is 43.0 Å². The highest BCUT2D eigenvalue weighted by Crippen LogP contribution is 2.24. The van der Waals surface area contributed by atoms with Crippen LogP contribution in [0.25, 0.3) is 0 Å². The van der Waals surface area contributed by atoms with Crippen molar-refractivity contribution in [2.45, 2.75) is 39.7 Å². The number of hydrogen-bond acceptors (Lipinski definition) is 4. The maximum Gasteiger partial charge on any atom is 0.341 e. The maximum atomic E-state index is 12.4. The summed E-state index contributed by atoms with van der Waals surface area (Å²) in [6, 6.07) is 12.7. The number of benzene rings is 2. The number of rotatable bonds is 5. The number of esters is 1. The first-order valence-corrected chi connectivity index (χ1v) is 8.27. The zero-order valence-electron chi connectivity index (χ0n) is 15.0. The molecular weight excluding hydrogens is 316 g/mol. The predicted molar refractivity (Wildman–Crippen MR) is 99.6 cm³/mol. The number of nitrogens with two attached hydrogens (primary N) is 1. The topological polar surface area (TPSA) is 81.4 Å². The summed E-state index contributed by atoms with van der Waals surface area (Å²) in [5.41, 5.74) is 9.08. The molecule has 1 atom stereocenters. The van der Waals surface area contributed by atoms with Gasteiger partial charge in [-0.25, -0.2) is 4.79 Å². The van der Waals surface area contributed by atoms with E-state index in [1.165, 1.54) is 6.92 Å².